The van der Waals surface area contributed by atoms with Gasteiger partial charge in [-0.1, -0.05) is 12.1 Å². The monoisotopic (exact) mass is 303 g/mol. The van der Waals surface area contributed by atoms with Gasteiger partial charge in [0.2, 0.25) is 8.32 Å². The zero-order valence-electron chi connectivity index (χ0n) is 11.8. The summed E-state index contributed by atoms with van der Waals surface area (Å²) in [7, 11) is -0.219. The van der Waals surface area contributed by atoms with Crippen molar-refractivity contribution in [1.29, 1.82) is 0 Å². The van der Waals surface area contributed by atoms with E-state index in [1.165, 1.54) is 7.11 Å². The van der Waals surface area contributed by atoms with Crippen LogP contribution in [0.3, 0.4) is 0 Å². The molecule has 6 heteroatoms. The first-order valence-electron chi connectivity index (χ1n) is 5.93. The van der Waals surface area contributed by atoms with E-state index in [0.717, 1.165) is 11.3 Å². The maximum Gasteiger partial charge on any atom is 0.307 e. The Kier molecular flexibility index (Phi) is 7.11. The summed E-state index contributed by atoms with van der Waals surface area (Å²) < 4.78 is 10.4. The SMILES string of the molecule is COC(=O)C[C@@H](N)c1ccc(O[Si](C)(C)C)cc1.Cl. The molecule has 0 amide bonds. The van der Waals surface area contributed by atoms with Crippen LogP contribution in [0, 0.1) is 0 Å². The van der Waals surface area contributed by atoms with Gasteiger partial charge in [-0.05, 0) is 37.3 Å². The minimum atomic E-state index is -1.58. The van der Waals surface area contributed by atoms with Gasteiger partial charge in [-0.3, -0.25) is 4.79 Å². The molecule has 0 heterocycles. The van der Waals surface area contributed by atoms with Crippen molar-refractivity contribution in [3.05, 3.63) is 29.8 Å². The molecular formula is C13H22ClNO3Si. The fourth-order valence-electron chi connectivity index (χ4n) is 1.52. The first kappa shape index (κ1) is 18.0. The van der Waals surface area contributed by atoms with E-state index in [1.807, 2.05) is 24.3 Å². The van der Waals surface area contributed by atoms with Crippen LogP contribution >= 0.6 is 12.4 Å². The molecular weight excluding hydrogens is 282 g/mol. The molecule has 0 bridgehead atoms. The van der Waals surface area contributed by atoms with Gasteiger partial charge in [0.25, 0.3) is 0 Å². The molecule has 2 N–H and O–H groups in total. The number of carbonyl (C=O) groups is 1. The molecule has 0 aliphatic carbocycles. The normalized spacial score (nSPS) is 12.3. The third kappa shape index (κ3) is 6.61. The van der Waals surface area contributed by atoms with Crippen molar-refractivity contribution in [2.45, 2.75) is 32.1 Å². The maximum absolute atomic E-state index is 11.1. The molecule has 1 aromatic carbocycles. The molecule has 0 unspecified atom stereocenters. The van der Waals surface area contributed by atoms with E-state index in [2.05, 4.69) is 24.4 Å². The van der Waals surface area contributed by atoms with E-state index in [9.17, 15) is 4.79 Å². The largest absolute Gasteiger partial charge is 0.544 e. The Bertz CT molecular complexity index is 403. The van der Waals surface area contributed by atoms with Crippen LogP contribution in [0.4, 0.5) is 0 Å². The van der Waals surface area contributed by atoms with E-state index in [1.54, 1.807) is 0 Å². The fraction of sp³-hybridized carbons (Fsp3) is 0.462. The van der Waals surface area contributed by atoms with Crippen LogP contribution < -0.4 is 10.2 Å². The molecule has 108 valence electrons. The fourth-order valence-corrected chi connectivity index (χ4v) is 2.36. The molecule has 0 aliphatic heterocycles. The summed E-state index contributed by atoms with van der Waals surface area (Å²) in [5.74, 6) is 0.549. The zero-order valence-corrected chi connectivity index (χ0v) is 13.6. The van der Waals surface area contributed by atoms with Gasteiger partial charge >= 0.3 is 5.97 Å². The molecule has 4 nitrogen and oxygen atoms in total. The summed E-state index contributed by atoms with van der Waals surface area (Å²) >= 11 is 0. The number of esters is 1. The van der Waals surface area contributed by atoms with Crippen molar-refractivity contribution < 1.29 is 14.0 Å². The number of hydrogen-bond donors (Lipinski definition) is 1. The summed E-state index contributed by atoms with van der Waals surface area (Å²) in [5.41, 5.74) is 6.82. The number of halogens is 1. The molecule has 0 fully saturated rings. The Morgan fingerprint density at radius 2 is 1.79 bits per heavy atom. The van der Waals surface area contributed by atoms with Gasteiger partial charge in [0, 0.05) is 6.04 Å². The topological polar surface area (TPSA) is 61.5 Å². The number of methoxy groups -OCH3 is 1. The third-order valence-corrected chi connectivity index (χ3v) is 3.19. The Morgan fingerprint density at radius 1 is 1.26 bits per heavy atom. The zero-order chi connectivity index (χ0) is 13.8. The molecule has 0 saturated carbocycles. The van der Waals surface area contributed by atoms with Gasteiger partial charge in [0.1, 0.15) is 5.75 Å². The average Bonchev–Trinajstić information content (AvgIpc) is 2.27. The Morgan fingerprint density at radius 3 is 2.21 bits per heavy atom. The standard InChI is InChI=1S/C13H21NO3Si.ClH/c1-16-13(15)9-12(14)10-5-7-11(8-6-10)17-18(2,3)4;/h5-8,12H,9,14H2,1-4H3;1H/t12-;/m1./s1. The highest BCUT2D eigenvalue weighted by Gasteiger charge is 2.17. The van der Waals surface area contributed by atoms with Crippen molar-refractivity contribution in [3.63, 3.8) is 0 Å². The number of ether oxygens (including phenoxy) is 1. The predicted octanol–water partition coefficient (Wildman–Crippen LogP) is 2.89. The molecule has 1 aromatic rings. The highest BCUT2D eigenvalue weighted by Crippen LogP contribution is 2.21. The Balaban J connectivity index is 0.00000324. The van der Waals surface area contributed by atoms with Crippen molar-refractivity contribution in [2.24, 2.45) is 5.73 Å². The summed E-state index contributed by atoms with van der Waals surface area (Å²) in [5, 5.41) is 0. The van der Waals surface area contributed by atoms with E-state index in [-0.39, 0.29) is 30.8 Å². The van der Waals surface area contributed by atoms with E-state index >= 15 is 0 Å². The molecule has 0 spiro atoms. The molecule has 0 aromatic heterocycles. The summed E-state index contributed by atoms with van der Waals surface area (Å²) in [6.07, 6.45) is 0.185. The van der Waals surface area contributed by atoms with Gasteiger partial charge in [0.15, 0.2) is 0 Å². The quantitative estimate of drug-likeness (QED) is 0.671. The van der Waals surface area contributed by atoms with Crippen molar-refractivity contribution in [1.82, 2.24) is 0 Å². The minimum absolute atomic E-state index is 0. The van der Waals surface area contributed by atoms with Crippen molar-refractivity contribution in [3.8, 4) is 5.75 Å². The summed E-state index contributed by atoms with van der Waals surface area (Å²) in [6, 6.07) is 7.24. The van der Waals surface area contributed by atoms with Crippen LogP contribution in [0.5, 0.6) is 5.75 Å². The third-order valence-electron chi connectivity index (χ3n) is 2.35. The van der Waals surface area contributed by atoms with E-state index in [4.69, 9.17) is 10.2 Å². The first-order chi connectivity index (χ1) is 8.31. The van der Waals surface area contributed by atoms with Gasteiger partial charge in [-0.2, -0.15) is 0 Å². The summed E-state index contributed by atoms with van der Waals surface area (Å²) in [6.45, 7) is 6.39. The predicted molar refractivity (Wildman–Crippen MR) is 81.2 cm³/mol. The van der Waals surface area contributed by atoms with Gasteiger partial charge in [-0.25, -0.2) is 0 Å². The summed E-state index contributed by atoms with van der Waals surface area (Å²) in [4.78, 5) is 11.1. The second-order valence-corrected chi connectivity index (χ2v) is 9.60. The van der Waals surface area contributed by atoms with Crippen molar-refractivity contribution in [2.75, 3.05) is 7.11 Å². The molecule has 0 saturated heterocycles. The van der Waals surface area contributed by atoms with Crippen LogP contribution in [0.1, 0.15) is 18.0 Å². The molecule has 1 atom stereocenters. The van der Waals surface area contributed by atoms with Crippen molar-refractivity contribution >= 4 is 26.7 Å². The lowest BCUT2D eigenvalue weighted by molar-refractivity contribution is -0.141. The van der Waals surface area contributed by atoms with E-state index in [0.29, 0.717) is 0 Å². The number of carbonyl (C=O) groups excluding carboxylic acids is 1. The molecule has 0 radical (unpaired) electrons. The molecule has 19 heavy (non-hydrogen) atoms. The molecule has 1 rings (SSSR count). The molecule has 0 aliphatic rings. The van der Waals surface area contributed by atoms with Crippen LogP contribution in [0.25, 0.3) is 0 Å². The van der Waals surface area contributed by atoms with E-state index < -0.39 is 8.32 Å². The van der Waals surface area contributed by atoms with Crippen LogP contribution in [-0.2, 0) is 9.53 Å². The maximum atomic E-state index is 11.1. The Hall–Kier alpha value is -1.04. The average molecular weight is 304 g/mol. The number of benzene rings is 1. The van der Waals surface area contributed by atoms with Gasteiger partial charge in [0.05, 0.1) is 13.5 Å². The van der Waals surface area contributed by atoms with Crippen LogP contribution in [0.15, 0.2) is 24.3 Å². The second kappa shape index (κ2) is 7.52. The van der Waals surface area contributed by atoms with Crippen LogP contribution in [0.2, 0.25) is 19.6 Å². The number of nitrogens with two attached hydrogens (primary N) is 1. The highest BCUT2D eigenvalue weighted by atomic mass is 35.5. The highest BCUT2D eigenvalue weighted by molar-refractivity contribution is 6.70. The minimum Gasteiger partial charge on any atom is -0.544 e. The van der Waals surface area contributed by atoms with Crippen LogP contribution in [-0.4, -0.2) is 21.4 Å². The second-order valence-electron chi connectivity index (χ2n) is 5.17. The Labute approximate surface area is 121 Å². The van der Waals surface area contributed by atoms with Gasteiger partial charge < -0.3 is 14.9 Å². The lowest BCUT2D eigenvalue weighted by Gasteiger charge is -2.19. The number of hydrogen-bond acceptors (Lipinski definition) is 4. The number of rotatable bonds is 5. The lowest BCUT2D eigenvalue weighted by Crippen LogP contribution is -2.29. The first-order valence-corrected chi connectivity index (χ1v) is 9.34. The van der Waals surface area contributed by atoms with Gasteiger partial charge in [-0.15, -0.1) is 12.4 Å². The smallest absolute Gasteiger partial charge is 0.307 e. The lowest BCUT2D eigenvalue weighted by atomic mass is 10.1.